The molecule has 1 aliphatic heterocycles. The van der Waals surface area contributed by atoms with Gasteiger partial charge in [0.2, 0.25) is 0 Å². The number of methoxy groups -OCH3 is 1. The molecule has 1 N–H and O–H groups in total. The van der Waals surface area contributed by atoms with Crippen molar-refractivity contribution in [3.63, 3.8) is 0 Å². The third-order valence-corrected chi connectivity index (χ3v) is 2.96. The van der Waals surface area contributed by atoms with Gasteiger partial charge >= 0.3 is 5.97 Å². The molecule has 0 amide bonds. The molecule has 0 atom stereocenters. The van der Waals surface area contributed by atoms with Crippen LogP contribution >= 0.6 is 0 Å². The number of carbonyl (C=O) groups is 1. The van der Waals surface area contributed by atoms with Crippen LogP contribution in [0.5, 0.6) is 0 Å². The fraction of sp³-hybridized carbons (Fsp3) is 0.909. The van der Waals surface area contributed by atoms with Gasteiger partial charge in [-0.15, -0.1) is 0 Å². The number of carbonyl (C=O) groups excluding carboxylic acids is 1. The van der Waals surface area contributed by atoms with E-state index in [1.807, 2.05) is 13.8 Å². The van der Waals surface area contributed by atoms with Crippen LogP contribution < -0.4 is 5.32 Å². The van der Waals surface area contributed by atoms with Crippen LogP contribution in [-0.2, 0) is 14.3 Å². The summed E-state index contributed by atoms with van der Waals surface area (Å²) < 4.78 is 10.2. The number of ether oxygens (including phenoxy) is 2. The van der Waals surface area contributed by atoms with Gasteiger partial charge < -0.3 is 14.8 Å². The molecular formula is C11H21NO3. The van der Waals surface area contributed by atoms with Crippen molar-refractivity contribution in [3.05, 3.63) is 0 Å². The van der Waals surface area contributed by atoms with Gasteiger partial charge in [-0.3, -0.25) is 0 Å². The highest BCUT2D eigenvalue weighted by molar-refractivity contribution is 5.71. The molecule has 0 spiro atoms. The van der Waals surface area contributed by atoms with Crippen molar-refractivity contribution < 1.29 is 14.3 Å². The van der Waals surface area contributed by atoms with E-state index in [-0.39, 0.29) is 18.2 Å². The minimum atomic E-state index is -0.377. The molecule has 0 unspecified atom stereocenters. The molecular weight excluding hydrogens is 194 g/mol. The van der Waals surface area contributed by atoms with Crippen molar-refractivity contribution in [2.75, 3.05) is 26.8 Å². The Kier molecular flexibility index (Phi) is 4.54. The maximum Gasteiger partial charge on any atom is 0.332 e. The van der Waals surface area contributed by atoms with Crippen molar-refractivity contribution in [2.45, 2.75) is 32.3 Å². The van der Waals surface area contributed by atoms with Gasteiger partial charge in [-0.2, -0.15) is 0 Å². The normalized spacial score (nSPS) is 18.9. The summed E-state index contributed by atoms with van der Waals surface area (Å²) in [7, 11) is 1.50. The molecule has 0 radical (unpaired) electrons. The lowest BCUT2D eigenvalue weighted by Gasteiger charge is -2.36. The van der Waals surface area contributed by atoms with Gasteiger partial charge in [-0.25, -0.2) is 4.79 Å². The number of nitrogens with one attached hydrogen (secondary N) is 1. The van der Waals surface area contributed by atoms with Gasteiger partial charge in [0, 0.05) is 13.0 Å². The highest BCUT2D eigenvalue weighted by atomic mass is 16.6. The molecule has 0 aromatic rings. The molecule has 1 fully saturated rings. The summed E-state index contributed by atoms with van der Waals surface area (Å²) in [6.07, 6.45) is 2.13. The maximum absolute atomic E-state index is 11.3. The minimum absolute atomic E-state index is 0.0361. The standard InChI is InChI=1S/C11H21NO3/c1-11(2,15-10(13)8-14-3)9-4-6-12-7-5-9/h9,12H,4-8H2,1-3H3. The number of rotatable bonds is 4. The summed E-state index contributed by atoms with van der Waals surface area (Å²) >= 11 is 0. The van der Waals surface area contributed by atoms with Crippen LogP contribution in [0.4, 0.5) is 0 Å². The van der Waals surface area contributed by atoms with Gasteiger partial charge in [-0.05, 0) is 39.8 Å². The van der Waals surface area contributed by atoms with E-state index in [0.717, 1.165) is 25.9 Å². The monoisotopic (exact) mass is 215 g/mol. The zero-order chi connectivity index (χ0) is 11.3. The second-order valence-electron chi connectivity index (χ2n) is 4.53. The van der Waals surface area contributed by atoms with E-state index in [2.05, 4.69) is 5.32 Å². The van der Waals surface area contributed by atoms with Crippen LogP contribution in [0.25, 0.3) is 0 Å². The molecule has 1 aliphatic rings. The first-order valence-electron chi connectivity index (χ1n) is 5.48. The number of hydrogen-bond donors (Lipinski definition) is 1. The summed E-state index contributed by atoms with van der Waals surface area (Å²) in [6.45, 7) is 6.02. The van der Waals surface area contributed by atoms with Gasteiger partial charge in [0.1, 0.15) is 12.2 Å². The van der Waals surface area contributed by atoms with Crippen molar-refractivity contribution in [2.24, 2.45) is 5.92 Å². The Labute approximate surface area is 91.3 Å². The summed E-state index contributed by atoms with van der Waals surface area (Å²) in [5.41, 5.74) is -0.377. The molecule has 4 heteroatoms. The smallest absolute Gasteiger partial charge is 0.332 e. The first kappa shape index (κ1) is 12.5. The average Bonchev–Trinajstić information content (AvgIpc) is 2.18. The van der Waals surface area contributed by atoms with Crippen molar-refractivity contribution in [1.29, 1.82) is 0 Å². The van der Waals surface area contributed by atoms with Crippen LogP contribution in [0.3, 0.4) is 0 Å². The molecule has 1 rings (SSSR count). The SMILES string of the molecule is COCC(=O)OC(C)(C)C1CCNCC1. The summed E-state index contributed by atoms with van der Waals surface area (Å²) in [6, 6.07) is 0. The maximum atomic E-state index is 11.3. The zero-order valence-corrected chi connectivity index (χ0v) is 9.84. The molecule has 1 heterocycles. The van der Waals surface area contributed by atoms with Gasteiger partial charge in [-0.1, -0.05) is 0 Å². The Balaban J connectivity index is 2.45. The summed E-state index contributed by atoms with van der Waals surface area (Å²) in [5, 5.41) is 3.30. The third kappa shape index (κ3) is 3.80. The molecule has 1 saturated heterocycles. The Bertz CT molecular complexity index is 210. The Morgan fingerprint density at radius 1 is 1.40 bits per heavy atom. The van der Waals surface area contributed by atoms with Crippen molar-refractivity contribution in [3.8, 4) is 0 Å². The van der Waals surface area contributed by atoms with E-state index in [4.69, 9.17) is 9.47 Å². The van der Waals surface area contributed by atoms with Gasteiger partial charge in [0.15, 0.2) is 0 Å². The fourth-order valence-electron chi connectivity index (χ4n) is 2.04. The third-order valence-electron chi connectivity index (χ3n) is 2.96. The van der Waals surface area contributed by atoms with E-state index in [1.165, 1.54) is 7.11 Å². The van der Waals surface area contributed by atoms with E-state index in [9.17, 15) is 4.79 Å². The summed E-state index contributed by atoms with van der Waals surface area (Å²) in [5.74, 6) is 0.167. The summed E-state index contributed by atoms with van der Waals surface area (Å²) in [4.78, 5) is 11.3. The Morgan fingerprint density at radius 3 is 2.53 bits per heavy atom. The predicted octanol–water partition coefficient (Wildman–Crippen LogP) is 0.954. The van der Waals surface area contributed by atoms with E-state index in [1.54, 1.807) is 0 Å². The van der Waals surface area contributed by atoms with E-state index < -0.39 is 0 Å². The lowest BCUT2D eigenvalue weighted by molar-refractivity contribution is -0.167. The van der Waals surface area contributed by atoms with Gasteiger partial charge in [0.05, 0.1) is 0 Å². The highest BCUT2D eigenvalue weighted by Crippen LogP contribution is 2.28. The molecule has 4 nitrogen and oxygen atoms in total. The molecule has 0 aliphatic carbocycles. The Hall–Kier alpha value is -0.610. The van der Waals surface area contributed by atoms with Crippen LogP contribution in [0.1, 0.15) is 26.7 Å². The zero-order valence-electron chi connectivity index (χ0n) is 9.84. The Morgan fingerprint density at radius 2 is 2.00 bits per heavy atom. The average molecular weight is 215 g/mol. The minimum Gasteiger partial charge on any atom is -0.458 e. The van der Waals surface area contributed by atoms with E-state index in [0.29, 0.717) is 5.92 Å². The van der Waals surface area contributed by atoms with Crippen molar-refractivity contribution >= 4 is 5.97 Å². The second-order valence-corrected chi connectivity index (χ2v) is 4.53. The predicted molar refractivity (Wildman–Crippen MR) is 57.6 cm³/mol. The molecule has 88 valence electrons. The quantitative estimate of drug-likeness (QED) is 0.709. The molecule has 0 bridgehead atoms. The molecule has 0 aromatic carbocycles. The molecule has 15 heavy (non-hydrogen) atoms. The number of piperidine rings is 1. The molecule has 0 saturated carbocycles. The van der Waals surface area contributed by atoms with E-state index >= 15 is 0 Å². The lowest BCUT2D eigenvalue weighted by atomic mass is 9.83. The van der Waals surface area contributed by atoms with Gasteiger partial charge in [0.25, 0.3) is 0 Å². The highest BCUT2D eigenvalue weighted by Gasteiger charge is 2.33. The first-order valence-corrected chi connectivity index (χ1v) is 5.48. The number of esters is 1. The molecule has 0 aromatic heterocycles. The first-order chi connectivity index (χ1) is 7.06. The topological polar surface area (TPSA) is 47.6 Å². The van der Waals surface area contributed by atoms with Crippen molar-refractivity contribution in [1.82, 2.24) is 5.32 Å². The largest absolute Gasteiger partial charge is 0.458 e. The van der Waals surface area contributed by atoms with Crippen LogP contribution in [0, 0.1) is 5.92 Å². The second kappa shape index (κ2) is 5.47. The van der Waals surface area contributed by atoms with Crippen LogP contribution in [0.2, 0.25) is 0 Å². The van der Waals surface area contributed by atoms with Crippen LogP contribution in [0.15, 0.2) is 0 Å². The lowest BCUT2D eigenvalue weighted by Crippen LogP contribution is -2.43. The number of hydrogen-bond acceptors (Lipinski definition) is 4. The van der Waals surface area contributed by atoms with Crippen LogP contribution in [-0.4, -0.2) is 38.4 Å². The fourth-order valence-corrected chi connectivity index (χ4v) is 2.04.